The lowest BCUT2D eigenvalue weighted by Crippen LogP contribution is -2.29. The fourth-order valence-electron chi connectivity index (χ4n) is 4.07. The number of aromatic nitrogens is 1. The minimum absolute atomic E-state index is 0.0277. The Kier molecular flexibility index (Phi) is 4.90. The molecule has 1 fully saturated rings. The summed E-state index contributed by atoms with van der Waals surface area (Å²) in [6, 6.07) is 15.7. The van der Waals surface area contributed by atoms with E-state index in [4.69, 9.17) is 4.74 Å². The highest BCUT2D eigenvalue weighted by molar-refractivity contribution is 5.98. The molecule has 0 aliphatic carbocycles. The van der Waals surface area contributed by atoms with Crippen molar-refractivity contribution in [1.82, 2.24) is 9.47 Å². The minimum atomic E-state index is -0.0277. The molecule has 0 unspecified atom stereocenters. The number of amides is 1. The SMILES string of the molecule is COc1ccc2c(=O)n(C)c(CCN3CCCC3=O)c(-c3ccccc3)c2c1. The molecular formula is C23H24N2O3. The van der Waals surface area contributed by atoms with Crippen LogP contribution in [0.5, 0.6) is 5.75 Å². The molecule has 1 aromatic heterocycles. The average Bonchev–Trinajstić information content (AvgIpc) is 3.14. The first-order valence-electron chi connectivity index (χ1n) is 9.63. The van der Waals surface area contributed by atoms with Gasteiger partial charge in [-0.15, -0.1) is 0 Å². The lowest BCUT2D eigenvalue weighted by atomic mass is 9.95. The van der Waals surface area contributed by atoms with E-state index in [1.165, 1.54) is 0 Å². The number of pyridine rings is 1. The van der Waals surface area contributed by atoms with Crippen LogP contribution in [0.1, 0.15) is 18.5 Å². The molecule has 144 valence electrons. The summed E-state index contributed by atoms with van der Waals surface area (Å²) in [5.41, 5.74) is 3.00. The lowest BCUT2D eigenvalue weighted by molar-refractivity contribution is -0.127. The van der Waals surface area contributed by atoms with E-state index in [-0.39, 0.29) is 11.5 Å². The van der Waals surface area contributed by atoms with Gasteiger partial charge in [0.25, 0.3) is 5.56 Å². The van der Waals surface area contributed by atoms with E-state index in [1.54, 1.807) is 11.7 Å². The number of likely N-dealkylation sites (tertiary alicyclic amines) is 1. The van der Waals surface area contributed by atoms with Crippen LogP contribution < -0.4 is 10.3 Å². The van der Waals surface area contributed by atoms with Crippen LogP contribution in [0.4, 0.5) is 0 Å². The number of fused-ring (bicyclic) bond motifs is 1. The van der Waals surface area contributed by atoms with Crippen molar-refractivity contribution in [3.8, 4) is 16.9 Å². The lowest BCUT2D eigenvalue weighted by Gasteiger charge is -2.21. The molecule has 3 aromatic rings. The summed E-state index contributed by atoms with van der Waals surface area (Å²) in [5, 5.41) is 1.56. The minimum Gasteiger partial charge on any atom is -0.497 e. The van der Waals surface area contributed by atoms with E-state index in [0.29, 0.717) is 24.8 Å². The topological polar surface area (TPSA) is 51.5 Å². The Hall–Kier alpha value is -3.08. The van der Waals surface area contributed by atoms with Crippen molar-refractivity contribution < 1.29 is 9.53 Å². The normalized spacial score (nSPS) is 14.1. The number of hydrogen-bond acceptors (Lipinski definition) is 3. The number of ether oxygens (including phenoxy) is 1. The fraction of sp³-hybridized carbons (Fsp3) is 0.304. The third-order valence-corrected chi connectivity index (χ3v) is 5.58. The van der Waals surface area contributed by atoms with E-state index in [0.717, 1.165) is 40.9 Å². The highest BCUT2D eigenvalue weighted by atomic mass is 16.5. The standard InChI is InChI=1S/C23H24N2O3/c1-24-20(12-14-25-13-6-9-21(25)26)22(16-7-4-3-5-8-16)19-15-17(28-2)10-11-18(19)23(24)27/h3-5,7-8,10-11,15H,6,9,12-14H2,1-2H3. The summed E-state index contributed by atoms with van der Waals surface area (Å²) in [6.07, 6.45) is 2.17. The van der Waals surface area contributed by atoms with Crippen molar-refractivity contribution in [3.63, 3.8) is 0 Å². The molecule has 2 heterocycles. The van der Waals surface area contributed by atoms with Gasteiger partial charge in [-0.3, -0.25) is 9.59 Å². The molecule has 1 aliphatic heterocycles. The summed E-state index contributed by atoms with van der Waals surface area (Å²) in [7, 11) is 3.45. The highest BCUT2D eigenvalue weighted by Gasteiger charge is 2.22. The maximum absolute atomic E-state index is 13.0. The van der Waals surface area contributed by atoms with Gasteiger partial charge in [0, 0.05) is 55.0 Å². The van der Waals surface area contributed by atoms with Gasteiger partial charge >= 0.3 is 0 Å². The van der Waals surface area contributed by atoms with Crippen LogP contribution in [0.15, 0.2) is 53.3 Å². The first kappa shape index (κ1) is 18.3. The van der Waals surface area contributed by atoms with Gasteiger partial charge in [-0.25, -0.2) is 0 Å². The summed E-state index contributed by atoms with van der Waals surface area (Å²) in [6.45, 7) is 1.43. The number of carbonyl (C=O) groups is 1. The first-order valence-corrected chi connectivity index (χ1v) is 9.63. The molecule has 1 aliphatic rings. The molecule has 2 aromatic carbocycles. The molecular weight excluding hydrogens is 352 g/mol. The van der Waals surface area contributed by atoms with Crippen LogP contribution in [0, 0.1) is 0 Å². The van der Waals surface area contributed by atoms with Gasteiger partial charge in [0.1, 0.15) is 5.75 Å². The first-order chi connectivity index (χ1) is 13.6. The Balaban J connectivity index is 1.92. The Morgan fingerprint density at radius 3 is 2.50 bits per heavy atom. The van der Waals surface area contributed by atoms with Crippen molar-refractivity contribution in [2.75, 3.05) is 20.2 Å². The Labute approximate surface area is 164 Å². The van der Waals surface area contributed by atoms with Crippen LogP contribution in [0.2, 0.25) is 0 Å². The maximum Gasteiger partial charge on any atom is 0.258 e. The monoisotopic (exact) mass is 376 g/mol. The average molecular weight is 376 g/mol. The highest BCUT2D eigenvalue weighted by Crippen LogP contribution is 2.33. The van der Waals surface area contributed by atoms with E-state index >= 15 is 0 Å². The molecule has 0 radical (unpaired) electrons. The van der Waals surface area contributed by atoms with E-state index < -0.39 is 0 Å². The van der Waals surface area contributed by atoms with Crippen LogP contribution >= 0.6 is 0 Å². The Morgan fingerprint density at radius 1 is 1.04 bits per heavy atom. The summed E-state index contributed by atoms with van der Waals surface area (Å²) in [4.78, 5) is 27.0. The number of hydrogen-bond donors (Lipinski definition) is 0. The molecule has 0 spiro atoms. The zero-order chi connectivity index (χ0) is 19.7. The second kappa shape index (κ2) is 7.50. The molecule has 1 saturated heterocycles. The van der Waals surface area contributed by atoms with Crippen LogP contribution in [-0.2, 0) is 18.3 Å². The zero-order valence-corrected chi connectivity index (χ0v) is 16.3. The van der Waals surface area contributed by atoms with Gasteiger partial charge in [0.2, 0.25) is 5.91 Å². The number of benzene rings is 2. The molecule has 0 bridgehead atoms. The van der Waals surface area contributed by atoms with Crippen LogP contribution in [0.25, 0.3) is 21.9 Å². The van der Waals surface area contributed by atoms with Gasteiger partial charge < -0.3 is 14.2 Å². The van der Waals surface area contributed by atoms with Crippen molar-refractivity contribution >= 4 is 16.7 Å². The van der Waals surface area contributed by atoms with Crippen molar-refractivity contribution in [3.05, 3.63) is 64.6 Å². The fourth-order valence-corrected chi connectivity index (χ4v) is 4.07. The quantitative estimate of drug-likeness (QED) is 0.686. The largest absolute Gasteiger partial charge is 0.497 e. The molecule has 0 saturated carbocycles. The summed E-state index contributed by atoms with van der Waals surface area (Å²) in [5.74, 6) is 0.923. The molecule has 0 atom stereocenters. The van der Waals surface area contributed by atoms with Crippen molar-refractivity contribution in [2.45, 2.75) is 19.3 Å². The third-order valence-electron chi connectivity index (χ3n) is 5.58. The van der Waals surface area contributed by atoms with Gasteiger partial charge in [-0.1, -0.05) is 30.3 Å². The smallest absolute Gasteiger partial charge is 0.258 e. The molecule has 5 nitrogen and oxygen atoms in total. The Bertz CT molecular complexity index is 1090. The molecule has 5 heteroatoms. The molecule has 1 amide bonds. The van der Waals surface area contributed by atoms with Crippen LogP contribution in [0.3, 0.4) is 0 Å². The van der Waals surface area contributed by atoms with Gasteiger partial charge in [-0.05, 0) is 30.2 Å². The second-order valence-electron chi connectivity index (χ2n) is 7.20. The number of carbonyl (C=O) groups excluding carboxylic acids is 1. The molecule has 0 N–H and O–H groups in total. The zero-order valence-electron chi connectivity index (χ0n) is 16.3. The van der Waals surface area contributed by atoms with E-state index in [1.807, 2.05) is 48.3 Å². The number of rotatable bonds is 5. The van der Waals surface area contributed by atoms with Crippen LogP contribution in [-0.4, -0.2) is 35.6 Å². The van der Waals surface area contributed by atoms with Crippen molar-refractivity contribution in [1.29, 1.82) is 0 Å². The summed E-state index contributed by atoms with van der Waals surface area (Å²) < 4.78 is 7.15. The Morgan fingerprint density at radius 2 is 1.82 bits per heavy atom. The predicted molar refractivity (Wildman–Crippen MR) is 111 cm³/mol. The molecule has 28 heavy (non-hydrogen) atoms. The van der Waals surface area contributed by atoms with Gasteiger partial charge in [0.05, 0.1) is 7.11 Å². The van der Waals surface area contributed by atoms with Gasteiger partial charge in [-0.2, -0.15) is 0 Å². The maximum atomic E-state index is 13.0. The third kappa shape index (κ3) is 3.17. The van der Waals surface area contributed by atoms with Crippen molar-refractivity contribution in [2.24, 2.45) is 7.05 Å². The molecule has 4 rings (SSSR count). The number of methoxy groups -OCH3 is 1. The summed E-state index contributed by atoms with van der Waals surface area (Å²) >= 11 is 0. The van der Waals surface area contributed by atoms with Gasteiger partial charge in [0.15, 0.2) is 0 Å². The van der Waals surface area contributed by atoms with E-state index in [2.05, 4.69) is 12.1 Å². The number of nitrogens with zero attached hydrogens (tertiary/aromatic N) is 2. The second-order valence-corrected chi connectivity index (χ2v) is 7.20. The predicted octanol–water partition coefficient (Wildman–Crippen LogP) is 3.38. The van der Waals surface area contributed by atoms with E-state index in [9.17, 15) is 9.59 Å².